The monoisotopic (exact) mass is 335 g/mol. The zero-order valence-electron chi connectivity index (χ0n) is 11.6. The minimum atomic E-state index is 0.0885. The van der Waals surface area contributed by atoms with Gasteiger partial charge in [-0.1, -0.05) is 22.0 Å². The second-order valence-electron chi connectivity index (χ2n) is 5.01. The molecule has 1 aromatic rings. The van der Waals surface area contributed by atoms with E-state index in [9.17, 15) is 4.79 Å². The molecule has 2 rings (SSSR count). The molecule has 1 amide bonds. The van der Waals surface area contributed by atoms with Crippen LogP contribution in [-0.4, -0.2) is 48.4 Å². The topological polar surface area (TPSA) is 47.3 Å². The van der Waals surface area contributed by atoms with Crippen LogP contribution in [-0.2, 0) is 0 Å². The van der Waals surface area contributed by atoms with Crippen molar-refractivity contribution in [2.24, 2.45) is 0 Å². The standard InChI is InChI=1S/C15H18BrN3O/c1-12-3-4-13(11-14(12)16)15(20)19-9-7-18(8-10-19)6-2-5-17/h3-4,11H,2,6-10H2,1H3. The molecule has 1 heterocycles. The summed E-state index contributed by atoms with van der Waals surface area (Å²) >= 11 is 3.47. The fourth-order valence-corrected chi connectivity index (χ4v) is 2.67. The highest BCUT2D eigenvalue weighted by Crippen LogP contribution is 2.19. The first-order chi connectivity index (χ1) is 9.61. The predicted molar refractivity (Wildman–Crippen MR) is 81.5 cm³/mol. The highest BCUT2D eigenvalue weighted by molar-refractivity contribution is 9.10. The highest BCUT2D eigenvalue weighted by Gasteiger charge is 2.22. The molecule has 0 spiro atoms. The molecule has 1 saturated heterocycles. The predicted octanol–water partition coefficient (Wildman–Crippen LogP) is 2.43. The van der Waals surface area contributed by atoms with E-state index >= 15 is 0 Å². The van der Waals surface area contributed by atoms with E-state index in [1.165, 1.54) is 0 Å². The molecule has 4 nitrogen and oxygen atoms in total. The van der Waals surface area contributed by atoms with Gasteiger partial charge in [0.2, 0.25) is 0 Å². The third-order valence-corrected chi connectivity index (χ3v) is 4.47. The number of amides is 1. The van der Waals surface area contributed by atoms with Crippen LogP contribution < -0.4 is 0 Å². The summed E-state index contributed by atoms with van der Waals surface area (Å²) in [4.78, 5) is 16.5. The van der Waals surface area contributed by atoms with E-state index in [4.69, 9.17) is 5.26 Å². The van der Waals surface area contributed by atoms with Gasteiger partial charge in [-0.25, -0.2) is 0 Å². The van der Waals surface area contributed by atoms with Gasteiger partial charge in [0, 0.05) is 49.2 Å². The lowest BCUT2D eigenvalue weighted by molar-refractivity contribution is 0.0639. The lowest BCUT2D eigenvalue weighted by atomic mass is 10.1. The molecule has 0 aliphatic carbocycles. The first-order valence-corrected chi connectivity index (χ1v) is 7.56. The number of nitrogens with zero attached hydrogens (tertiary/aromatic N) is 3. The first kappa shape index (κ1) is 15.0. The van der Waals surface area contributed by atoms with Gasteiger partial charge >= 0.3 is 0 Å². The average molecular weight is 336 g/mol. The molecule has 0 bridgehead atoms. The number of rotatable bonds is 3. The molecule has 0 atom stereocenters. The average Bonchev–Trinajstić information content (AvgIpc) is 2.48. The molecule has 1 aliphatic rings. The van der Waals surface area contributed by atoms with Crippen molar-refractivity contribution in [1.82, 2.24) is 9.80 Å². The summed E-state index contributed by atoms with van der Waals surface area (Å²) in [5.41, 5.74) is 1.86. The number of aryl methyl sites for hydroxylation is 1. The maximum Gasteiger partial charge on any atom is 0.253 e. The van der Waals surface area contributed by atoms with Gasteiger partial charge in [0.15, 0.2) is 0 Å². The summed E-state index contributed by atoms with van der Waals surface area (Å²) in [6.07, 6.45) is 0.554. The van der Waals surface area contributed by atoms with Crippen LogP contribution in [0.25, 0.3) is 0 Å². The molecule has 0 N–H and O–H groups in total. The van der Waals surface area contributed by atoms with E-state index in [0.29, 0.717) is 6.42 Å². The fraction of sp³-hybridized carbons (Fsp3) is 0.467. The van der Waals surface area contributed by atoms with E-state index in [1.807, 2.05) is 30.0 Å². The highest BCUT2D eigenvalue weighted by atomic mass is 79.9. The minimum Gasteiger partial charge on any atom is -0.336 e. The molecular weight excluding hydrogens is 318 g/mol. The zero-order valence-corrected chi connectivity index (χ0v) is 13.2. The summed E-state index contributed by atoms with van der Waals surface area (Å²) in [5, 5.41) is 8.59. The number of carbonyl (C=O) groups is 1. The Morgan fingerprint density at radius 2 is 2.05 bits per heavy atom. The third kappa shape index (κ3) is 3.59. The van der Waals surface area contributed by atoms with Gasteiger partial charge < -0.3 is 4.90 Å². The van der Waals surface area contributed by atoms with Crippen LogP contribution in [0.2, 0.25) is 0 Å². The Bertz CT molecular complexity index is 530. The number of piperazine rings is 1. The van der Waals surface area contributed by atoms with Gasteiger partial charge in [0.1, 0.15) is 0 Å². The maximum absolute atomic E-state index is 12.4. The number of hydrogen-bond donors (Lipinski definition) is 0. The Kier molecular flexibility index (Phi) is 5.16. The van der Waals surface area contributed by atoms with E-state index in [0.717, 1.165) is 48.3 Å². The van der Waals surface area contributed by atoms with Crippen molar-refractivity contribution in [3.8, 4) is 6.07 Å². The van der Waals surface area contributed by atoms with Crippen LogP contribution in [0, 0.1) is 18.3 Å². The quantitative estimate of drug-likeness (QED) is 0.852. The smallest absolute Gasteiger partial charge is 0.253 e. The number of hydrogen-bond acceptors (Lipinski definition) is 3. The van der Waals surface area contributed by atoms with E-state index < -0.39 is 0 Å². The summed E-state index contributed by atoms with van der Waals surface area (Å²) in [6, 6.07) is 7.89. The number of benzene rings is 1. The van der Waals surface area contributed by atoms with Gasteiger partial charge in [-0.3, -0.25) is 9.69 Å². The summed E-state index contributed by atoms with van der Waals surface area (Å²) in [5.74, 6) is 0.0885. The van der Waals surface area contributed by atoms with Crippen molar-refractivity contribution in [1.29, 1.82) is 5.26 Å². The molecule has 20 heavy (non-hydrogen) atoms. The molecule has 0 unspecified atom stereocenters. The number of halogens is 1. The fourth-order valence-electron chi connectivity index (χ4n) is 2.29. The zero-order chi connectivity index (χ0) is 14.5. The van der Waals surface area contributed by atoms with Crippen molar-refractivity contribution < 1.29 is 4.79 Å². The summed E-state index contributed by atoms with van der Waals surface area (Å²) < 4.78 is 0.969. The molecule has 1 aromatic carbocycles. The van der Waals surface area contributed by atoms with Crippen LogP contribution in [0.4, 0.5) is 0 Å². The van der Waals surface area contributed by atoms with Crippen LogP contribution in [0.15, 0.2) is 22.7 Å². The van der Waals surface area contributed by atoms with Crippen molar-refractivity contribution >= 4 is 21.8 Å². The van der Waals surface area contributed by atoms with Gasteiger partial charge in [-0.05, 0) is 24.6 Å². The maximum atomic E-state index is 12.4. The lowest BCUT2D eigenvalue weighted by Crippen LogP contribution is -2.48. The van der Waals surface area contributed by atoms with E-state index in [-0.39, 0.29) is 5.91 Å². The molecule has 0 radical (unpaired) electrons. The van der Waals surface area contributed by atoms with Crippen molar-refractivity contribution in [3.05, 3.63) is 33.8 Å². The van der Waals surface area contributed by atoms with Gasteiger partial charge in [0.25, 0.3) is 5.91 Å². The van der Waals surface area contributed by atoms with Gasteiger partial charge in [-0.15, -0.1) is 0 Å². The van der Waals surface area contributed by atoms with Crippen LogP contribution in [0.1, 0.15) is 22.3 Å². The lowest BCUT2D eigenvalue weighted by Gasteiger charge is -2.34. The normalized spacial score (nSPS) is 15.9. The van der Waals surface area contributed by atoms with Gasteiger partial charge in [-0.2, -0.15) is 5.26 Å². The van der Waals surface area contributed by atoms with Crippen molar-refractivity contribution in [2.45, 2.75) is 13.3 Å². The Morgan fingerprint density at radius 3 is 2.65 bits per heavy atom. The molecule has 1 aliphatic heterocycles. The molecular formula is C15H18BrN3O. The van der Waals surface area contributed by atoms with Crippen LogP contribution >= 0.6 is 15.9 Å². The second kappa shape index (κ2) is 6.87. The number of nitriles is 1. The third-order valence-electron chi connectivity index (χ3n) is 3.62. The van der Waals surface area contributed by atoms with Crippen LogP contribution in [0.5, 0.6) is 0 Å². The van der Waals surface area contributed by atoms with Gasteiger partial charge in [0.05, 0.1) is 6.07 Å². The molecule has 5 heteroatoms. The van der Waals surface area contributed by atoms with E-state index in [2.05, 4.69) is 26.9 Å². The number of carbonyl (C=O) groups excluding carboxylic acids is 1. The Balaban J connectivity index is 1.94. The first-order valence-electron chi connectivity index (χ1n) is 6.76. The summed E-state index contributed by atoms with van der Waals surface area (Å²) in [6.45, 7) is 5.97. The molecule has 1 fully saturated rings. The largest absolute Gasteiger partial charge is 0.336 e. The second-order valence-corrected chi connectivity index (χ2v) is 5.86. The van der Waals surface area contributed by atoms with Crippen molar-refractivity contribution in [3.63, 3.8) is 0 Å². The minimum absolute atomic E-state index is 0.0885. The molecule has 0 aromatic heterocycles. The molecule has 106 valence electrons. The summed E-state index contributed by atoms with van der Waals surface area (Å²) in [7, 11) is 0. The Morgan fingerprint density at radius 1 is 1.35 bits per heavy atom. The Labute approximate surface area is 128 Å². The van der Waals surface area contributed by atoms with E-state index in [1.54, 1.807) is 0 Å². The molecule has 0 saturated carbocycles. The van der Waals surface area contributed by atoms with Crippen LogP contribution in [0.3, 0.4) is 0 Å². The SMILES string of the molecule is Cc1ccc(C(=O)N2CCN(CCC#N)CC2)cc1Br. The van der Waals surface area contributed by atoms with Crippen molar-refractivity contribution in [2.75, 3.05) is 32.7 Å². The Hall–Kier alpha value is -1.38.